The van der Waals surface area contributed by atoms with Crippen LogP contribution in [0, 0.1) is 0 Å². The quantitative estimate of drug-likeness (QED) is 0.679. The molecule has 0 spiro atoms. The molecule has 16 heavy (non-hydrogen) atoms. The Morgan fingerprint density at radius 1 is 1.31 bits per heavy atom. The maximum absolute atomic E-state index is 9.75. The number of aliphatic hydroxyl groups excluding tert-OH is 1. The number of hydrogen-bond acceptors (Lipinski definition) is 4. The van der Waals surface area contributed by atoms with Crippen LogP contribution in [-0.2, 0) is 13.0 Å². The maximum Gasteiger partial charge on any atom is 0.169 e. The molecule has 1 unspecified atom stereocenters. The number of nitrogen functional groups attached to an aromatic ring is 2. The number of aromatic nitrogens is 2. The fourth-order valence-corrected chi connectivity index (χ4v) is 1.81. The van der Waals surface area contributed by atoms with Crippen molar-refractivity contribution in [2.75, 3.05) is 11.5 Å². The van der Waals surface area contributed by atoms with Crippen molar-refractivity contribution in [1.82, 2.24) is 9.78 Å². The van der Waals surface area contributed by atoms with Gasteiger partial charge in [-0.25, -0.2) is 0 Å². The third-order valence-electron chi connectivity index (χ3n) is 2.62. The number of rotatable bonds is 6. The summed E-state index contributed by atoms with van der Waals surface area (Å²) < 4.78 is 1.74. The van der Waals surface area contributed by atoms with E-state index in [-0.39, 0.29) is 6.10 Å². The number of anilines is 2. The predicted octanol–water partition coefficient (Wildman–Crippen LogP) is 1.16. The second-order valence-electron chi connectivity index (χ2n) is 4.12. The molecule has 0 radical (unpaired) electrons. The van der Waals surface area contributed by atoms with Crippen LogP contribution >= 0.6 is 0 Å². The van der Waals surface area contributed by atoms with Crippen LogP contribution in [0.3, 0.4) is 0 Å². The van der Waals surface area contributed by atoms with E-state index in [1.54, 1.807) is 4.68 Å². The van der Waals surface area contributed by atoms with E-state index in [1.807, 2.05) is 6.92 Å². The highest BCUT2D eigenvalue weighted by atomic mass is 16.3. The summed E-state index contributed by atoms with van der Waals surface area (Å²) in [5.41, 5.74) is 13.0. The molecule has 1 rings (SSSR count). The summed E-state index contributed by atoms with van der Waals surface area (Å²) in [7, 11) is 0. The van der Waals surface area contributed by atoms with E-state index in [0.717, 1.165) is 31.4 Å². The minimum Gasteiger partial charge on any atom is -0.394 e. The molecule has 0 aliphatic heterocycles. The van der Waals surface area contributed by atoms with Gasteiger partial charge in [0.15, 0.2) is 5.82 Å². The first-order valence-corrected chi connectivity index (χ1v) is 5.88. The van der Waals surface area contributed by atoms with Crippen molar-refractivity contribution in [1.29, 1.82) is 0 Å². The second-order valence-corrected chi connectivity index (χ2v) is 4.12. The van der Waals surface area contributed by atoms with Crippen LogP contribution in [0.5, 0.6) is 0 Å². The summed E-state index contributed by atoms with van der Waals surface area (Å²) >= 11 is 0. The molecule has 5 nitrogen and oxygen atoms in total. The zero-order valence-corrected chi connectivity index (χ0v) is 10.1. The Kier molecular flexibility index (Phi) is 4.61. The van der Waals surface area contributed by atoms with Crippen molar-refractivity contribution in [3.63, 3.8) is 0 Å². The molecule has 0 aliphatic rings. The average Bonchev–Trinajstić information content (AvgIpc) is 2.47. The molecule has 92 valence electrons. The number of aliphatic hydroxyl groups is 1. The molecule has 0 aliphatic carbocycles. The second kappa shape index (κ2) is 5.75. The van der Waals surface area contributed by atoms with Gasteiger partial charge in [-0.3, -0.25) is 4.68 Å². The van der Waals surface area contributed by atoms with Crippen molar-refractivity contribution in [2.24, 2.45) is 0 Å². The smallest absolute Gasteiger partial charge is 0.169 e. The Labute approximate surface area is 96.4 Å². The largest absolute Gasteiger partial charge is 0.394 e. The van der Waals surface area contributed by atoms with E-state index in [1.165, 1.54) is 0 Å². The third kappa shape index (κ3) is 2.88. The van der Waals surface area contributed by atoms with Gasteiger partial charge in [-0.2, -0.15) is 5.10 Å². The van der Waals surface area contributed by atoms with Gasteiger partial charge in [0.1, 0.15) is 0 Å². The van der Waals surface area contributed by atoms with Crippen molar-refractivity contribution in [3.8, 4) is 0 Å². The van der Waals surface area contributed by atoms with Crippen LogP contribution in [0.4, 0.5) is 11.5 Å². The summed E-state index contributed by atoms with van der Waals surface area (Å²) in [6.07, 6.45) is 3.18. The van der Waals surface area contributed by atoms with Gasteiger partial charge in [-0.1, -0.05) is 26.7 Å². The van der Waals surface area contributed by atoms with Crippen molar-refractivity contribution in [3.05, 3.63) is 5.69 Å². The van der Waals surface area contributed by atoms with Gasteiger partial charge in [-0.15, -0.1) is 0 Å². The van der Waals surface area contributed by atoms with Gasteiger partial charge in [0.25, 0.3) is 0 Å². The summed E-state index contributed by atoms with van der Waals surface area (Å²) in [6.45, 7) is 4.60. The lowest BCUT2D eigenvalue weighted by Crippen LogP contribution is -2.18. The van der Waals surface area contributed by atoms with E-state index < -0.39 is 0 Å². The molecule has 0 amide bonds. The molecule has 5 heteroatoms. The Morgan fingerprint density at radius 2 is 2.00 bits per heavy atom. The highest BCUT2D eigenvalue weighted by Gasteiger charge is 2.14. The van der Waals surface area contributed by atoms with E-state index in [4.69, 9.17) is 11.5 Å². The van der Waals surface area contributed by atoms with Crippen LogP contribution in [0.2, 0.25) is 0 Å². The van der Waals surface area contributed by atoms with Crippen LogP contribution in [0.15, 0.2) is 0 Å². The maximum atomic E-state index is 9.75. The van der Waals surface area contributed by atoms with E-state index in [9.17, 15) is 5.11 Å². The average molecular weight is 226 g/mol. The summed E-state index contributed by atoms with van der Waals surface area (Å²) in [5, 5.41) is 13.9. The Bertz CT molecular complexity index is 335. The molecular formula is C11H22N4O. The fourth-order valence-electron chi connectivity index (χ4n) is 1.81. The molecule has 0 aromatic carbocycles. The molecule has 0 bridgehead atoms. The zero-order chi connectivity index (χ0) is 12.1. The normalized spacial score (nSPS) is 12.9. The Balaban J connectivity index is 2.81. The number of nitrogens with zero attached hydrogens (tertiary/aromatic N) is 2. The molecule has 0 fully saturated rings. The monoisotopic (exact) mass is 226 g/mol. The van der Waals surface area contributed by atoms with Crippen molar-refractivity contribution >= 4 is 11.5 Å². The van der Waals surface area contributed by atoms with Gasteiger partial charge >= 0.3 is 0 Å². The van der Waals surface area contributed by atoms with E-state index in [2.05, 4.69) is 12.0 Å². The first-order chi connectivity index (χ1) is 7.60. The van der Waals surface area contributed by atoms with Crippen LogP contribution in [0.25, 0.3) is 0 Å². The topological polar surface area (TPSA) is 90.1 Å². The first kappa shape index (κ1) is 12.8. The minimum atomic E-state index is -0.376. The minimum absolute atomic E-state index is 0.368. The van der Waals surface area contributed by atoms with Crippen LogP contribution in [-0.4, -0.2) is 21.0 Å². The molecule has 1 aromatic rings. The predicted molar refractivity (Wildman–Crippen MR) is 66.0 cm³/mol. The SMILES string of the molecule is CCCc1c(N)c(N)nn1CC(O)CCC. The van der Waals surface area contributed by atoms with Crippen molar-refractivity contribution in [2.45, 2.75) is 52.2 Å². The molecule has 0 saturated heterocycles. The van der Waals surface area contributed by atoms with Gasteiger partial charge in [-0.05, 0) is 12.8 Å². The highest BCUT2D eigenvalue weighted by molar-refractivity contribution is 5.61. The lowest BCUT2D eigenvalue weighted by atomic mass is 10.2. The molecule has 1 heterocycles. The van der Waals surface area contributed by atoms with Gasteiger partial charge in [0.05, 0.1) is 24.0 Å². The first-order valence-electron chi connectivity index (χ1n) is 5.88. The molecule has 1 atom stereocenters. The van der Waals surface area contributed by atoms with E-state index in [0.29, 0.717) is 18.1 Å². The molecule has 1 aromatic heterocycles. The summed E-state index contributed by atoms with van der Waals surface area (Å²) in [6, 6.07) is 0. The molecular weight excluding hydrogens is 204 g/mol. The van der Waals surface area contributed by atoms with E-state index >= 15 is 0 Å². The summed E-state index contributed by atoms with van der Waals surface area (Å²) in [4.78, 5) is 0. The van der Waals surface area contributed by atoms with Crippen LogP contribution < -0.4 is 11.5 Å². The lowest BCUT2D eigenvalue weighted by Gasteiger charge is -2.12. The van der Waals surface area contributed by atoms with Gasteiger partial charge in [0.2, 0.25) is 0 Å². The summed E-state index contributed by atoms with van der Waals surface area (Å²) in [5.74, 6) is 0.368. The third-order valence-corrected chi connectivity index (χ3v) is 2.62. The zero-order valence-electron chi connectivity index (χ0n) is 10.1. The van der Waals surface area contributed by atoms with Gasteiger partial charge < -0.3 is 16.6 Å². The highest BCUT2D eigenvalue weighted by Crippen LogP contribution is 2.21. The molecule has 5 N–H and O–H groups in total. The van der Waals surface area contributed by atoms with Crippen LogP contribution in [0.1, 0.15) is 38.8 Å². The molecule has 0 saturated carbocycles. The van der Waals surface area contributed by atoms with Gasteiger partial charge in [0, 0.05) is 0 Å². The standard InChI is InChI=1S/C11H22N4O/c1-3-5-8(16)7-15-9(6-4-2)10(12)11(13)14-15/h8,16H,3-7,12H2,1-2H3,(H2,13,14). The fraction of sp³-hybridized carbons (Fsp3) is 0.727. The number of hydrogen-bond donors (Lipinski definition) is 3. The Morgan fingerprint density at radius 3 is 2.56 bits per heavy atom. The van der Waals surface area contributed by atoms with Crippen molar-refractivity contribution < 1.29 is 5.11 Å². The lowest BCUT2D eigenvalue weighted by molar-refractivity contribution is 0.138. The Hall–Kier alpha value is -1.23. The number of nitrogens with two attached hydrogens (primary N) is 2.